The number of aromatic nitrogens is 1. The van der Waals surface area contributed by atoms with Crippen LogP contribution in [0.4, 0.5) is 0 Å². The Hall–Kier alpha value is -2.40. The maximum absolute atomic E-state index is 12.6. The van der Waals surface area contributed by atoms with Crippen LogP contribution >= 0.6 is 0 Å². The molecule has 0 atom stereocenters. The Morgan fingerprint density at radius 1 is 1.00 bits per heavy atom. The highest BCUT2D eigenvalue weighted by Gasteiger charge is 2.18. The molecule has 5 heteroatoms. The average molecular weight is 313 g/mol. The van der Waals surface area contributed by atoms with Gasteiger partial charge in [-0.05, 0) is 24.6 Å². The number of Topliss-reactive ketones (excluding diaryl/α,β-unsaturated/α-hetero) is 1. The number of fused-ring (bicyclic) bond motifs is 1. The van der Waals surface area contributed by atoms with Crippen molar-refractivity contribution in [1.29, 1.82) is 0 Å². The molecule has 0 amide bonds. The Bertz CT molecular complexity index is 940. The third kappa shape index (κ3) is 2.55. The van der Waals surface area contributed by atoms with Crippen molar-refractivity contribution in [3.05, 3.63) is 71.9 Å². The minimum atomic E-state index is -3.53. The smallest absolute Gasteiger partial charge is 0.243 e. The molecule has 1 aromatic heterocycles. The van der Waals surface area contributed by atoms with Crippen molar-refractivity contribution in [1.82, 2.24) is 3.97 Å². The van der Waals surface area contributed by atoms with Gasteiger partial charge in [-0.25, -0.2) is 12.4 Å². The van der Waals surface area contributed by atoms with Gasteiger partial charge in [-0.15, -0.1) is 0 Å². The monoisotopic (exact) mass is 313 g/mol. The Labute approximate surface area is 129 Å². The molecule has 0 spiro atoms. The van der Waals surface area contributed by atoms with Crippen molar-refractivity contribution in [2.45, 2.75) is 12.7 Å². The molecule has 0 aliphatic rings. The van der Waals surface area contributed by atoms with E-state index in [0.29, 0.717) is 16.5 Å². The van der Waals surface area contributed by atoms with Crippen LogP contribution in [0.25, 0.3) is 10.9 Å². The van der Waals surface area contributed by atoms with Gasteiger partial charge in [0.05, 0.1) is 11.3 Å². The van der Waals surface area contributed by atoms with Gasteiger partial charge in [0, 0.05) is 17.1 Å². The van der Waals surface area contributed by atoms with E-state index in [1.165, 1.54) is 17.1 Å². The predicted octanol–water partition coefficient (Wildman–Crippen LogP) is 3.22. The van der Waals surface area contributed by atoms with Gasteiger partial charge < -0.3 is 0 Å². The summed E-state index contributed by atoms with van der Waals surface area (Å²) in [5.74, 6) is -0.161. The van der Waals surface area contributed by atoms with Crippen LogP contribution in [0.2, 0.25) is 0 Å². The van der Waals surface area contributed by atoms with Crippen molar-refractivity contribution in [3.8, 4) is 0 Å². The van der Waals surface area contributed by atoms with Gasteiger partial charge in [-0.3, -0.25) is 4.79 Å². The highest BCUT2D eigenvalue weighted by molar-refractivity contribution is 7.89. The molecule has 4 nitrogen and oxygen atoms in total. The summed E-state index contributed by atoms with van der Waals surface area (Å²) < 4.78 is 26.5. The number of carbonyl (C=O) groups excluding carboxylic acids is 1. The van der Waals surface area contributed by atoms with Crippen LogP contribution in [-0.2, 0) is 15.8 Å². The normalized spacial score (nSPS) is 11.7. The third-order valence-corrected chi connectivity index (χ3v) is 5.18. The summed E-state index contributed by atoms with van der Waals surface area (Å²) in [6.45, 7) is 1.48. The average Bonchev–Trinajstić information content (AvgIpc) is 2.92. The van der Waals surface area contributed by atoms with Crippen LogP contribution < -0.4 is 0 Å². The number of benzene rings is 2. The fraction of sp³-hybridized carbons (Fsp3) is 0.118. The van der Waals surface area contributed by atoms with Crippen molar-refractivity contribution < 1.29 is 13.2 Å². The van der Waals surface area contributed by atoms with E-state index in [9.17, 15) is 13.2 Å². The first-order valence-corrected chi connectivity index (χ1v) is 8.48. The summed E-state index contributed by atoms with van der Waals surface area (Å²) in [4.78, 5) is 11.7. The summed E-state index contributed by atoms with van der Waals surface area (Å²) in [6, 6.07) is 15.8. The molecule has 0 aliphatic carbocycles. The maximum atomic E-state index is 12.6. The molecule has 0 bridgehead atoms. The fourth-order valence-corrected chi connectivity index (χ4v) is 4.00. The van der Waals surface area contributed by atoms with Crippen LogP contribution in [0.1, 0.15) is 22.8 Å². The molecule has 3 aromatic rings. The molecule has 0 radical (unpaired) electrons. The molecule has 0 saturated carbocycles. The van der Waals surface area contributed by atoms with Crippen LogP contribution in [0, 0.1) is 0 Å². The zero-order chi connectivity index (χ0) is 15.7. The van der Waals surface area contributed by atoms with E-state index in [2.05, 4.69) is 0 Å². The molecule has 112 valence electrons. The number of rotatable bonds is 4. The summed E-state index contributed by atoms with van der Waals surface area (Å²) in [6.07, 6.45) is 1.51. The Morgan fingerprint density at radius 3 is 2.41 bits per heavy atom. The van der Waals surface area contributed by atoms with Crippen LogP contribution in [-0.4, -0.2) is 18.2 Å². The quantitative estimate of drug-likeness (QED) is 0.695. The molecule has 22 heavy (non-hydrogen) atoms. The largest absolute Gasteiger partial charge is 0.294 e. The molecule has 0 N–H and O–H groups in total. The first-order chi connectivity index (χ1) is 10.5. The first-order valence-electron chi connectivity index (χ1n) is 6.87. The minimum Gasteiger partial charge on any atom is -0.294 e. The van der Waals surface area contributed by atoms with E-state index in [1.54, 1.807) is 36.4 Å². The Morgan fingerprint density at radius 2 is 1.73 bits per heavy atom. The van der Waals surface area contributed by atoms with E-state index in [0.717, 1.165) is 5.56 Å². The molecular weight excluding hydrogens is 298 g/mol. The lowest BCUT2D eigenvalue weighted by molar-refractivity contribution is 0.101. The van der Waals surface area contributed by atoms with Crippen molar-refractivity contribution in [3.63, 3.8) is 0 Å². The summed E-state index contributed by atoms with van der Waals surface area (Å²) in [7, 11) is -3.53. The predicted molar refractivity (Wildman–Crippen MR) is 86.4 cm³/mol. The molecule has 0 saturated heterocycles. The molecular formula is C17H15NO3S. The minimum absolute atomic E-state index is 0.0798. The molecule has 1 heterocycles. The second kappa shape index (κ2) is 5.42. The van der Waals surface area contributed by atoms with Crippen molar-refractivity contribution in [2.75, 3.05) is 0 Å². The first kappa shape index (κ1) is 14.5. The topological polar surface area (TPSA) is 56.1 Å². The van der Waals surface area contributed by atoms with Gasteiger partial charge in [-0.1, -0.05) is 42.5 Å². The third-order valence-electron chi connectivity index (χ3n) is 3.57. The lowest BCUT2D eigenvalue weighted by Gasteiger charge is -2.08. The number of ketones is 1. The number of nitrogens with zero attached hydrogens (tertiary/aromatic N) is 1. The maximum Gasteiger partial charge on any atom is 0.243 e. The number of hydrogen-bond acceptors (Lipinski definition) is 3. The highest BCUT2D eigenvalue weighted by Crippen LogP contribution is 2.23. The second-order valence-corrected chi connectivity index (χ2v) is 6.99. The van der Waals surface area contributed by atoms with E-state index in [1.807, 2.05) is 18.2 Å². The SMILES string of the molecule is CC(=O)c1cccc2c1ccn2S(=O)(=O)Cc1ccccc1. The molecule has 0 aliphatic heterocycles. The fourth-order valence-electron chi connectivity index (χ4n) is 2.55. The second-order valence-electron chi connectivity index (χ2n) is 5.15. The summed E-state index contributed by atoms with van der Waals surface area (Å²) in [5.41, 5.74) is 1.79. The summed E-state index contributed by atoms with van der Waals surface area (Å²) >= 11 is 0. The molecule has 0 unspecified atom stereocenters. The Kier molecular flexibility index (Phi) is 3.58. The lowest BCUT2D eigenvalue weighted by Crippen LogP contribution is -2.14. The highest BCUT2D eigenvalue weighted by atomic mass is 32.2. The van der Waals surface area contributed by atoms with E-state index in [-0.39, 0.29) is 11.5 Å². The van der Waals surface area contributed by atoms with Gasteiger partial charge in [0.15, 0.2) is 5.78 Å². The van der Waals surface area contributed by atoms with Crippen LogP contribution in [0.3, 0.4) is 0 Å². The van der Waals surface area contributed by atoms with Gasteiger partial charge in [0.25, 0.3) is 0 Å². The van der Waals surface area contributed by atoms with Gasteiger partial charge >= 0.3 is 0 Å². The zero-order valence-electron chi connectivity index (χ0n) is 12.1. The van der Waals surface area contributed by atoms with E-state index >= 15 is 0 Å². The van der Waals surface area contributed by atoms with Crippen molar-refractivity contribution in [2.24, 2.45) is 0 Å². The van der Waals surface area contributed by atoms with Crippen LogP contribution in [0.15, 0.2) is 60.8 Å². The van der Waals surface area contributed by atoms with Gasteiger partial charge in [0.2, 0.25) is 10.0 Å². The molecule has 2 aromatic carbocycles. The van der Waals surface area contributed by atoms with E-state index < -0.39 is 10.0 Å². The number of carbonyl (C=O) groups is 1. The number of hydrogen-bond donors (Lipinski definition) is 0. The zero-order valence-corrected chi connectivity index (χ0v) is 12.9. The lowest BCUT2D eigenvalue weighted by atomic mass is 10.1. The van der Waals surface area contributed by atoms with Crippen LogP contribution in [0.5, 0.6) is 0 Å². The standard InChI is InChI=1S/C17H15NO3S/c1-13(19)15-8-5-9-17-16(15)10-11-18(17)22(20,21)12-14-6-3-2-4-7-14/h2-11H,12H2,1H3. The Balaban J connectivity index is 2.10. The van der Waals surface area contributed by atoms with Gasteiger partial charge in [0.1, 0.15) is 0 Å². The summed E-state index contributed by atoms with van der Waals surface area (Å²) in [5, 5.41) is 0.659. The van der Waals surface area contributed by atoms with Gasteiger partial charge in [-0.2, -0.15) is 0 Å². The van der Waals surface area contributed by atoms with Crippen molar-refractivity contribution >= 4 is 26.7 Å². The molecule has 3 rings (SSSR count). The molecule has 0 fully saturated rings. The van der Waals surface area contributed by atoms with E-state index in [4.69, 9.17) is 0 Å².